The van der Waals surface area contributed by atoms with Gasteiger partial charge in [0, 0.05) is 31.5 Å². The number of aliphatic hydroxyl groups excluding tert-OH is 1. The largest absolute Gasteiger partial charge is 0.395 e. The van der Waals surface area contributed by atoms with E-state index in [4.69, 9.17) is 0 Å². The van der Waals surface area contributed by atoms with Gasteiger partial charge >= 0.3 is 0 Å². The summed E-state index contributed by atoms with van der Waals surface area (Å²) >= 11 is 0. The summed E-state index contributed by atoms with van der Waals surface area (Å²) in [5.74, 6) is 0. The number of imidazole rings is 1. The van der Waals surface area contributed by atoms with Crippen molar-refractivity contribution in [2.45, 2.75) is 45.2 Å². The fourth-order valence-corrected chi connectivity index (χ4v) is 3.23. The van der Waals surface area contributed by atoms with Gasteiger partial charge in [0.2, 0.25) is 0 Å². The van der Waals surface area contributed by atoms with E-state index in [0.717, 1.165) is 24.4 Å². The number of aromatic nitrogens is 2. The number of hydrogen-bond acceptors (Lipinski definition) is 3. The Balaban J connectivity index is 1.78. The minimum Gasteiger partial charge on any atom is -0.395 e. The van der Waals surface area contributed by atoms with Crippen molar-refractivity contribution in [1.82, 2.24) is 14.3 Å². The van der Waals surface area contributed by atoms with Crippen molar-refractivity contribution in [3.05, 3.63) is 35.8 Å². The predicted octanol–water partition coefficient (Wildman–Crippen LogP) is 2.38. The van der Waals surface area contributed by atoms with Crippen LogP contribution in [0.3, 0.4) is 0 Å². The molecule has 0 saturated heterocycles. The van der Waals surface area contributed by atoms with Gasteiger partial charge in [-0.1, -0.05) is 18.9 Å². The highest BCUT2D eigenvalue weighted by Gasteiger charge is 2.22. The summed E-state index contributed by atoms with van der Waals surface area (Å²) in [6, 6.07) is 4.77. The molecule has 2 heterocycles. The van der Waals surface area contributed by atoms with Gasteiger partial charge in [0.05, 0.1) is 12.3 Å². The first-order chi connectivity index (χ1) is 9.76. The maximum Gasteiger partial charge on any atom is 0.137 e. The maximum absolute atomic E-state index is 9.28. The highest BCUT2D eigenvalue weighted by atomic mass is 16.3. The molecule has 4 heteroatoms. The Kier molecular flexibility index (Phi) is 4.03. The van der Waals surface area contributed by atoms with Crippen LogP contribution in [0.25, 0.3) is 5.65 Å². The molecule has 108 valence electrons. The Morgan fingerprint density at radius 3 is 2.85 bits per heavy atom. The number of rotatable bonds is 5. The van der Waals surface area contributed by atoms with Crippen LogP contribution in [0.5, 0.6) is 0 Å². The number of aryl methyl sites for hydroxylation is 1. The first-order valence-electron chi connectivity index (χ1n) is 7.55. The van der Waals surface area contributed by atoms with Gasteiger partial charge in [0.1, 0.15) is 5.65 Å². The third-order valence-corrected chi connectivity index (χ3v) is 4.24. The lowest BCUT2D eigenvalue weighted by molar-refractivity contribution is 0.143. The van der Waals surface area contributed by atoms with Crippen molar-refractivity contribution >= 4 is 5.65 Å². The molecule has 0 unspecified atom stereocenters. The summed E-state index contributed by atoms with van der Waals surface area (Å²) in [6.07, 6.45) is 9.37. The second-order valence-electron chi connectivity index (χ2n) is 5.84. The van der Waals surface area contributed by atoms with Gasteiger partial charge in [0.25, 0.3) is 0 Å². The van der Waals surface area contributed by atoms with E-state index in [0.29, 0.717) is 6.04 Å². The Morgan fingerprint density at radius 2 is 2.10 bits per heavy atom. The summed E-state index contributed by atoms with van der Waals surface area (Å²) in [5, 5.41) is 9.28. The van der Waals surface area contributed by atoms with E-state index in [1.54, 1.807) is 0 Å². The molecule has 2 aromatic rings. The van der Waals surface area contributed by atoms with Crippen molar-refractivity contribution in [2.24, 2.45) is 0 Å². The molecule has 0 radical (unpaired) electrons. The van der Waals surface area contributed by atoms with Crippen molar-refractivity contribution < 1.29 is 5.11 Å². The molecular formula is C16H23N3O. The third kappa shape index (κ3) is 2.86. The molecule has 0 amide bonds. The topological polar surface area (TPSA) is 40.8 Å². The summed E-state index contributed by atoms with van der Waals surface area (Å²) in [6.45, 7) is 3.90. The van der Waals surface area contributed by atoms with Crippen LogP contribution in [-0.4, -0.2) is 38.6 Å². The minimum atomic E-state index is 0.225. The van der Waals surface area contributed by atoms with Gasteiger partial charge in [-0.05, 0) is 31.4 Å². The van der Waals surface area contributed by atoms with Crippen LogP contribution >= 0.6 is 0 Å². The summed E-state index contributed by atoms with van der Waals surface area (Å²) in [7, 11) is 0. The minimum absolute atomic E-state index is 0.225. The van der Waals surface area contributed by atoms with Crippen molar-refractivity contribution in [2.75, 3.05) is 13.2 Å². The van der Waals surface area contributed by atoms with Gasteiger partial charge in [0.15, 0.2) is 0 Å². The average Bonchev–Trinajstić information content (AvgIpc) is 3.06. The van der Waals surface area contributed by atoms with Gasteiger partial charge in [-0.3, -0.25) is 4.90 Å². The van der Waals surface area contributed by atoms with Crippen LogP contribution in [0.1, 0.15) is 36.9 Å². The molecule has 0 atom stereocenters. The SMILES string of the molecule is Cc1ccc2nc(CN(CCO)C3CCCC3)cn2c1. The second-order valence-corrected chi connectivity index (χ2v) is 5.84. The third-order valence-electron chi connectivity index (χ3n) is 4.24. The predicted molar refractivity (Wildman–Crippen MR) is 79.7 cm³/mol. The number of aliphatic hydroxyl groups is 1. The van der Waals surface area contributed by atoms with Crippen LogP contribution in [0.4, 0.5) is 0 Å². The van der Waals surface area contributed by atoms with Crippen LogP contribution in [0.15, 0.2) is 24.5 Å². The smallest absolute Gasteiger partial charge is 0.137 e. The number of nitrogens with zero attached hydrogens (tertiary/aromatic N) is 3. The monoisotopic (exact) mass is 273 g/mol. The molecule has 1 fully saturated rings. The summed E-state index contributed by atoms with van der Waals surface area (Å²) in [5.41, 5.74) is 3.33. The standard InChI is InChI=1S/C16H23N3O/c1-13-6-7-16-17-14(12-19(16)10-13)11-18(8-9-20)15-4-2-3-5-15/h6-7,10,12,15,20H,2-5,8-9,11H2,1H3. The zero-order valence-electron chi connectivity index (χ0n) is 12.1. The molecule has 3 rings (SSSR count). The van der Waals surface area contributed by atoms with Gasteiger partial charge in [-0.2, -0.15) is 0 Å². The van der Waals surface area contributed by atoms with Crippen LogP contribution in [0, 0.1) is 6.92 Å². The summed E-state index contributed by atoms with van der Waals surface area (Å²) in [4.78, 5) is 7.08. The summed E-state index contributed by atoms with van der Waals surface area (Å²) < 4.78 is 2.09. The zero-order chi connectivity index (χ0) is 13.9. The van der Waals surface area contributed by atoms with E-state index in [1.807, 2.05) is 0 Å². The number of pyridine rings is 1. The zero-order valence-corrected chi connectivity index (χ0v) is 12.1. The van der Waals surface area contributed by atoms with Crippen molar-refractivity contribution in [1.29, 1.82) is 0 Å². The highest BCUT2D eigenvalue weighted by molar-refractivity contribution is 5.41. The number of fused-ring (bicyclic) bond motifs is 1. The van der Waals surface area contributed by atoms with E-state index < -0.39 is 0 Å². The van der Waals surface area contributed by atoms with Gasteiger partial charge < -0.3 is 9.51 Å². The lowest BCUT2D eigenvalue weighted by Gasteiger charge is -2.27. The van der Waals surface area contributed by atoms with E-state index >= 15 is 0 Å². The molecular weight excluding hydrogens is 250 g/mol. The quantitative estimate of drug-likeness (QED) is 0.909. The second kappa shape index (κ2) is 5.94. The molecule has 1 aliphatic carbocycles. The molecule has 1 aliphatic rings. The molecule has 0 bridgehead atoms. The fraction of sp³-hybridized carbons (Fsp3) is 0.562. The molecule has 1 N–H and O–H groups in total. The normalized spacial score (nSPS) is 16.6. The molecule has 0 spiro atoms. The van der Waals surface area contributed by atoms with Gasteiger partial charge in [-0.25, -0.2) is 4.98 Å². The van der Waals surface area contributed by atoms with E-state index in [9.17, 15) is 5.11 Å². The van der Waals surface area contributed by atoms with Crippen molar-refractivity contribution in [3.8, 4) is 0 Å². The van der Waals surface area contributed by atoms with Gasteiger partial charge in [-0.15, -0.1) is 0 Å². The lowest BCUT2D eigenvalue weighted by atomic mass is 10.2. The Morgan fingerprint density at radius 1 is 1.30 bits per heavy atom. The molecule has 2 aromatic heterocycles. The molecule has 4 nitrogen and oxygen atoms in total. The van der Waals surface area contributed by atoms with E-state index in [2.05, 4.69) is 45.7 Å². The highest BCUT2D eigenvalue weighted by Crippen LogP contribution is 2.24. The Bertz CT molecular complexity index is 572. The number of hydrogen-bond donors (Lipinski definition) is 1. The van der Waals surface area contributed by atoms with E-state index in [1.165, 1.54) is 31.2 Å². The molecule has 0 aromatic carbocycles. The average molecular weight is 273 g/mol. The first kappa shape index (κ1) is 13.6. The molecule has 0 aliphatic heterocycles. The van der Waals surface area contributed by atoms with E-state index in [-0.39, 0.29) is 6.61 Å². The van der Waals surface area contributed by atoms with Crippen LogP contribution in [-0.2, 0) is 6.54 Å². The molecule has 20 heavy (non-hydrogen) atoms. The van der Waals surface area contributed by atoms with Crippen LogP contribution < -0.4 is 0 Å². The van der Waals surface area contributed by atoms with Crippen LogP contribution in [0.2, 0.25) is 0 Å². The maximum atomic E-state index is 9.28. The van der Waals surface area contributed by atoms with Crippen molar-refractivity contribution in [3.63, 3.8) is 0 Å². The first-order valence-corrected chi connectivity index (χ1v) is 7.55. The lowest BCUT2D eigenvalue weighted by Crippen LogP contribution is -2.35. The molecule has 1 saturated carbocycles. The Labute approximate surface area is 120 Å². The Hall–Kier alpha value is -1.39. The fourth-order valence-electron chi connectivity index (χ4n) is 3.23.